The van der Waals surface area contributed by atoms with Crippen LogP contribution in [0.4, 0.5) is 5.69 Å². The van der Waals surface area contributed by atoms with Crippen molar-refractivity contribution < 1.29 is 22.7 Å². The molecule has 0 aromatic heterocycles. The molecule has 3 rings (SSSR count). The van der Waals surface area contributed by atoms with Gasteiger partial charge in [-0.1, -0.05) is 52.1 Å². The highest BCUT2D eigenvalue weighted by Crippen LogP contribution is 2.28. The van der Waals surface area contributed by atoms with Gasteiger partial charge in [-0.2, -0.15) is 0 Å². The number of benzene rings is 3. The van der Waals surface area contributed by atoms with E-state index in [-0.39, 0.29) is 29.5 Å². The molecule has 232 valence electrons. The van der Waals surface area contributed by atoms with Gasteiger partial charge in [-0.05, 0) is 100 Å². The van der Waals surface area contributed by atoms with E-state index in [0.29, 0.717) is 32.4 Å². The van der Waals surface area contributed by atoms with Crippen molar-refractivity contribution in [3.63, 3.8) is 0 Å². The van der Waals surface area contributed by atoms with E-state index >= 15 is 0 Å². The summed E-state index contributed by atoms with van der Waals surface area (Å²) in [7, 11) is -4.21. The van der Waals surface area contributed by atoms with Crippen molar-refractivity contribution in [2.75, 3.05) is 17.5 Å². The van der Waals surface area contributed by atoms with E-state index < -0.39 is 34.1 Å². The Labute approximate surface area is 272 Å². The Hall–Kier alpha value is -2.79. The molecular formula is C31H36BrCl2N3O5S. The minimum absolute atomic E-state index is 0.00123. The Morgan fingerprint density at radius 2 is 1.58 bits per heavy atom. The summed E-state index contributed by atoms with van der Waals surface area (Å²) >= 11 is 15.7. The van der Waals surface area contributed by atoms with Crippen LogP contribution in [0.2, 0.25) is 10.0 Å². The molecule has 0 saturated heterocycles. The second kappa shape index (κ2) is 14.8. The number of sulfonamides is 1. The van der Waals surface area contributed by atoms with Crippen molar-refractivity contribution in [2.45, 2.75) is 64.1 Å². The molecule has 43 heavy (non-hydrogen) atoms. The van der Waals surface area contributed by atoms with Crippen LogP contribution in [0, 0.1) is 0 Å². The maximum absolute atomic E-state index is 14.2. The van der Waals surface area contributed by atoms with Crippen molar-refractivity contribution in [1.82, 2.24) is 10.2 Å². The van der Waals surface area contributed by atoms with Crippen molar-refractivity contribution in [2.24, 2.45) is 0 Å². The van der Waals surface area contributed by atoms with Crippen molar-refractivity contribution >= 4 is 66.7 Å². The molecule has 12 heteroatoms. The first-order chi connectivity index (χ1) is 20.2. The average Bonchev–Trinajstić information content (AvgIpc) is 2.93. The van der Waals surface area contributed by atoms with Gasteiger partial charge in [-0.3, -0.25) is 13.9 Å². The lowest BCUT2D eigenvalue weighted by molar-refractivity contribution is -0.141. The second-order valence-corrected chi connectivity index (χ2v) is 14.4. The zero-order chi connectivity index (χ0) is 31.9. The normalized spacial score (nSPS) is 12.4. The average molecular weight is 714 g/mol. The monoisotopic (exact) mass is 711 g/mol. The molecule has 0 fully saturated rings. The fourth-order valence-corrected chi connectivity index (χ4v) is 6.34. The van der Waals surface area contributed by atoms with Crippen LogP contribution in [0.15, 0.2) is 76.1 Å². The van der Waals surface area contributed by atoms with Crippen LogP contribution in [-0.2, 0) is 26.2 Å². The molecule has 0 aliphatic rings. The largest absolute Gasteiger partial charge is 0.494 e. The molecule has 0 aliphatic carbocycles. The summed E-state index contributed by atoms with van der Waals surface area (Å²) in [6.07, 6.45) is 0.289. The minimum atomic E-state index is -4.21. The molecule has 8 nitrogen and oxygen atoms in total. The van der Waals surface area contributed by atoms with E-state index in [9.17, 15) is 18.0 Å². The summed E-state index contributed by atoms with van der Waals surface area (Å²) in [6, 6.07) is 16.7. The molecule has 1 N–H and O–H groups in total. The van der Waals surface area contributed by atoms with Gasteiger partial charge in [0.05, 0.1) is 27.2 Å². The van der Waals surface area contributed by atoms with Crippen molar-refractivity contribution in [3.8, 4) is 5.75 Å². The first kappa shape index (κ1) is 34.7. The lowest BCUT2D eigenvalue weighted by Crippen LogP contribution is -2.55. The lowest BCUT2D eigenvalue weighted by Gasteiger charge is -2.34. The number of nitrogens with one attached hydrogen (secondary N) is 1. The highest BCUT2D eigenvalue weighted by atomic mass is 79.9. The third kappa shape index (κ3) is 9.35. The van der Waals surface area contributed by atoms with Crippen molar-refractivity contribution in [3.05, 3.63) is 86.8 Å². The van der Waals surface area contributed by atoms with E-state index in [2.05, 4.69) is 21.2 Å². The van der Waals surface area contributed by atoms with Crippen LogP contribution in [0.25, 0.3) is 0 Å². The number of ether oxygens (including phenoxy) is 1. The Morgan fingerprint density at radius 1 is 0.953 bits per heavy atom. The summed E-state index contributed by atoms with van der Waals surface area (Å²) in [5.41, 5.74) is 0.344. The van der Waals surface area contributed by atoms with Crippen LogP contribution in [-0.4, -0.2) is 49.9 Å². The number of carbonyl (C=O) groups excluding carboxylic acids is 2. The van der Waals surface area contributed by atoms with Crippen LogP contribution in [0.3, 0.4) is 0 Å². The predicted octanol–water partition coefficient (Wildman–Crippen LogP) is 7.07. The van der Waals surface area contributed by atoms with Gasteiger partial charge in [0, 0.05) is 16.6 Å². The maximum Gasteiger partial charge on any atom is 0.264 e. The number of halogens is 3. The third-order valence-corrected chi connectivity index (χ3v) is 9.39. The number of nitrogens with zero attached hydrogens (tertiary/aromatic N) is 2. The summed E-state index contributed by atoms with van der Waals surface area (Å²) in [5, 5.41) is 3.59. The summed E-state index contributed by atoms with van der Waals surface area (Å²) in [5.74, 6) is -0.368. The quantitative estimate of drug-likeness (QED) is 0.217. The Balaban J connectivity index is 2.09. The zero-order valence-electron chi connectivity index (χ0n) is 24.7. The summed E-state index contributed by atoms with van der Waals surface area (Å²) in [6.45, 7) is 9.07. The highest BCUT2D eigenvalue weighted by Gasteiger charge is 2.34. The number of anilines is 1. The van der Waals surface area contributed by atoms with Gasteiger partial charge in [-0.25, -0.2) is 8.42 Å². The molecule has 0 spiro atoms. The van der Waals surface area contributed by atoms with Crippen molar-refractivity contribution in [1.29, 1.82) is 0 Å². The number of hydrogen-bond acceptors (Lipinski definition) is 5. The minimum Gasteiger partial charge on any atom is -0.494 e. The molecule has 1 atom stereocenters. The summed E-state index contributed by atoms with van der Waals surface area (Å²) < 4.78 is 35.3. The molecule has 1 unspecified atom stereocenters. The Bertz CT molecular complexity index is 1530. The molecule has 0 saturated carbocycles. The standard InChI is InChI=1S/C31H36BrCl2N3O5S/c1-6-28(30(39)35-31(3,4)5)36(19-21-8-17-26(33)27(34)18-21)29(38)20-37(23-11-13-24(14-12-23)42-7-2)43(40,41)25-15-9-22(32)10-16-25/h8-18,28H,6-7,19-20H2,1-5H3,(H,35,39). The first-order valence-electron chi connectivity index (χ1n) is 13.7. The molecule has 3 aromatic carbocycles. The second-order valence-electron chi connectivity index (χ2n) is 10.8. The number of rotatable bonds is 12. The summed E-state index contributed by atoms with van der Waals surface area (Å²) in [4.78, 5) is 29.0. The predicted molar refractivity (Wildman–Crippen MR) is 175 cm³/mol. The van der Waals surface area contributed by atoms with Gasteiger partial charge < -0.3 is 15.0 Å². The zero-order valence-corrected chi connectivity index (χ0v) is 28.6. The number of amides is 2. The van der Waals surface area contributed by atoms with Crippen LogP contribution in [0.1, 0.15) is 46.6 Å². The lowest BCUT2D eigenvalue weighted by atomic mass is 10.1. The molecule has 3 aromatic rings. The maximum atomic E-state index is 14.2. The van der Waals surface area contributed by atoms with Crippen LogP contribution >= 0.6 is 39.1 Å². The SMILES string of the molecule is CCOc1ccc(N(CC(=O)N(Cc2ccc(Cl)c(Cl)c2)C(CC)C(=O)NC(C)(C)C)S(=O)(=O)c2ccc(Br)cc2)cc1. The third-order valence-electron chi connectivity index (χ3n) is 6.34. The highest BCUT2D eigenvalue weighted by molar-refractivity contribution is 9.10. The van der Waals surface area contributed by atoms with Crippen LogP contribution in [0.5, 0.6) is 5.75 Å². The number of carbonyl (C=O) groups is 2. The van der Waals surface area contributed by atoms with Gasteiger partial charge in [0.1, 0.15) is 18.3 Å². The fourth-order valence-electron chi connectivity index (χ4n) is 4.34. The molecule has 0 bridgehead atoms. The van der Waals surface area contributed by atoms with Crippen LogP contribution < -0.4 is 14.4 Å². The molecule has 0 aliphatic heterocycles. The van der Waals surface area contributed by atoms with Gasteiger partial charge in [0.2, 0.25) is 11.8 Å². The first-order valence-corrected chi connectivity index (χ1v) is 16.7. The molecule has 0 heterocycles. The van der Waals surface area contributed by atoms with Gasteiger partial charge in [0.25, 0.3) is 10.0 Å². The van der Waals surface area contributed by atoms with E-state index in [1.807, 2.05) is 27.7 Å². The van der Waals surface area contributed by atoms with Gasteiger partial charge >= 0.3 is 0 Å². The molecule has 2 amide bonds. The Kier molecular flexibility index (Phi) is 11.9. The molecular weight excluding hydrogens is 677 g/mol. The van der Waals surface area contributed by atoms with E-state index in [0.717, 1.165) is 4.31 Å². The Morgan fingerprint density at radius 3 is 2.12 bits per heavy atom. The molecule has 0 radical (unpaired) electrons. The van der Waals surface area contributed by atoms with Gasteiger partial charge in [0.15, 0.2) is 0 Å². The van der Waals surface area contributed by atoms with E-state index in [1.54, 1.807) is 61.5 Å². The van der Waals surface area contributed by atoms with Gasteiger partial charge in [-0.15, -0.1) is 0 Å². The van der Waals surface area contributed by atoms with E-state index in [1.165, 1.54) is 17.0 Å². The smallest absolute Gasteiger partial charge is 0.264 e. The van der Waals surface area contributed by atoms with E-state index in [4.69, 9.17) is 27.9 Å². The topological polar surface area (TPSA) is 96.0 Å². The number of hydrogen-bond donors (Lipinski definition) is 1. The fraction of sp³-hybridized carbons (Fsp3) is 0.355.